The van der Waals surface area contributed by atoms with Crippen molar-refractivity contribution in [1.82, 2.24) is 0 Å². The fourth-order valence-electron chi connectivity index (χ4n) is 2.44. The number of halogens is 2. The molecule has 0 spiro atoms. The lowest BCUT2D eigenvalue weighted by molar-refractivity contribution is 0.306. The van der Waals surface area contributed by atoms with Crippen molar-refractivity contribution in [2.24, 2.45) is 5.16 Å². The Balaban J connectivity index is 1.75. The molecule has 0 aliphatic heterocycles. The molecule has 1 aliphatic rings. The van der Waals surface area contributed by atoms with Gasteiger partial charge in [-0.25, -0.2) is 0 Å². The number of fused-ring (bicyclic) bond motifs is 1. The zero-order valence-corrected chi connectivity index (χ0v) is 12.7. The molecule has 3 rings (SSSR count). The van der Waals surface area contributed by atoms with Crippen LogP contribution in [-0.2, 0) is 13.0 Å². The highest BCUT2D eigenvalue weighted by Gasteiger charge is 2.18. The minimum absolute atomic E-state index is 0.385. The molecule has 0 atom stereocenters. The van der Waals surface area contributed by atoms with Crippen molar-refractivity contribution in [2.75, 3.05) is 0 Å². The van der Waals surface area contributed by atoms with Crippen LogP contribution in [-0.4, -0.2) is 10.9 Å². The molecule has 0 aromatic heterocycles. The predicted octanol–water partition coefficient (Wildman–Crippen LogP) is 4.70. The maximum Gasteiger partial charge on any atom is 0.120 e. The van der Waals surface area contributed by atoms with Crippen LogP contribution >= 0.6 is 23.2 Å². The van der Waals surface area contributed by atoms with E-state index < -0.39 is 0 Å². The molecule has 1 N–H and O–H groups in total. The van der Waals surface area contributed by atoms with E-state index in [0.717, 1.165) is 41.0 Å². The van der Waals surface area contributed by atoms with E-state index in [0.29, 0.717) is 16.7 Å². The number of hydrogen-bond acceptors (Lipinski definition) is 3. The van der Waals surface area contributed by atoms with Crippen molar-refractivity contribution < 1.29 is 9.94 Å². The fourth-order valence-corrected chi connectivity index (χ4v) is 2.90. The number of nitrogens with zero attached hydrogens (tertiary/aromatic N) is 1. The maximum absolute atomic E-state index is 8.92. The average molecular weight is 322 g/mol. The van der Waals surface area contributed by atoms with E-state index in [1.165, 1.54) is 0 Å². The molecular weight excluding hydrogens is 309 g/mol. The van der Waals surface area contributed by atoms with Crippen LogP contribution in [0.1, 0.15) is 23.1 Å². The first kappa shape index (κ1) is 14.2. The molecule has 2 aromatic carbocycles. The Labute approximate surface area is 132 Å². The first-order valence-corrected chi connectivity index (χ1v) is 7.34. The summed E-state index contributed by atoms with van der Waals surface area (Å²) in [5.41, 5.74) is 3.76. The second-order valence-corrected chi connectivity index (χ2v) is 5.73. The third-order valence-electron chi connectivity index (χ3n) is 3.55. The van der Waals surface area contributed by atoms with Crippen LogP contribution in [0.4, 0.5) is 0 Å². The summed E-state index contributed by atoms with van der Waals surface area (Å²) in [5.74, 6) is 0.777. The largest absolute Gasteiger partial charge is 0.489 e. The summed E-state index contributed by atoms with van der Waals surface area (Å²) in [4.78, 5) is 0. The Hall–Kier alpha value is -1.71. The van der Waals surface area contributed by atoms with Crippen LogP contribution in [0.25, 0.3) is 0 Å². The van der Waals surface area contributed by atoms with Gasteiger partial charge in [-0.1, -0.05) is 34.4 Å². The van der Waals surface area contributed by atoms with E-state index in [1.807, 2.05) is 24.3 Å². The molecule has 0 unspecified atom stereocenters. The third kappa shape index (κ3) is 2.99. The number of rotatable bonds is 3. The number of hydrogen-bond donors (Lipinski definition) is 1. The number of ether oxygens (including phenoxy) is 1. The molecule has 0 amide bonds. The van der Waals surface area contributed by atoms with E-state index in [1.54, 1.807) is 12.1 Å². The lowest BCUT2D eigenvalue weighted by Gasteiger charge is -2.09. The lowest BCUT2D eigenvalue weighted by Crippen LogP contribution is -1.98. The van der Waals surface area contributed by atoms with Gasteiger partial charge in [0.15, 0.2) is 0 Å². The molecule has 5 heteroatoms. The number of aryl methyl sites for hydroxylation is 1. The standard InChI is InChI=1S/C16H13Cl2NO2/c17-12-3-1-11(15(18)8-12)9-21-13-4-5-14-10(7-13)2-6-16(14)19-20/h1,3-5,7-8,20H,2,6,9H2/b19-16-. The topological polar surface area (TPSA) is 41.8 Å². The Kier molecular flexibility index (Phi) is 4.04. The fraction of sp³-hybridized carbons (Fsp3) is 0.188. The van der Waals surface area contributed by atoms with Gasteiger partial charge in [0.05, 0.1) is 5.71 Å². The Morgan fingerprint density at radius 3 is 2.71 bits per heavy atom. The van der Waals surface area contributed by atoms with E-state index in [4.69, 9.17) is 33.1 Å². The SMILES string of the molecule is O/N=C1/CCc2cc(OCc3ccc(Cl)cc3Cl)ccc21. The average Bonchev–Trinajstić information content (AvgIpc) is 2.88. The van der Waals surface area contributed by atoms with Crippen LogP contribution in [0, 0.1) is 0 Å². The second-order valence-electron chi connectivity index (χ2n) is 4.89. The molecule has 0 heterocycles. The van der Waals surface area contributed by atoms with Gasteiger partial charge < -0.3 is 9.94 Å². The molecule has 1 aliphatic carbocycles. The van der Waals surface area contributed by atoms with Crippen LogP contribution in [0.3, 0.4) is 0 Å². The third-order valence-corrected chi connectivity index (χ3v) is 4.14. The normalized spacial score (nSPS) is 15.2. The van der Waals surface area contributed by atoms with Crippen LogP contribution < -0.4 is 4.74 Å². The highest BCUT2D eigenvalue weighted by molar-refractivity contribution is 6.35. The number of oxime groups is 1. The van der Waals surface area contributed by atoms with Gasteiger partial charge in [0.2, 0.25) is 0 Å². The molecular formula is C16H13Cl2NO2. The molecule has 3 nitrogen and oxygen atoms in total. The van der Waals surface area contributed by atoms with Crippen molar-refractivity contribution in [1.29, 1.82) is 0 Å². The smallest absolute Gasteiger partial charge is 0.120 e. The zero-order valence-electron chi connectivity index (χ0n) is 11.1. The van der Waals surface area contributed by atoms with Crippen molar-refractivity contribution in [3.05, 3.63) is 63.1 Å². The van der Waals surface area contributed by atoms with Gasteiger partial charge in [-0.05, 0) is 48.7 Å². The van der Waals surface area contributed by atoms with Crippen molar-refractivity contribution in [2.45, 2.75) is 19.4 Å². The maximum atomic E-state index is 8.92. The molecule has 0 radical (unpaired) electrons. The quantitative estimate of drug-likeness (QED) is 0.657. The van der Waals surface area contributed by atoms with E-state index >= 15 is 0 Å². The zero-order chi connectivity index (χ0) is 14.8. The van der Waals surface area contributed by atoms with Gasteiger partial charge in [0, 0.05) is 21.2 Å². The minimum Gasteiger partial charge on any atom is -0.489 e. The summed E-state index contributed by atoms with van der Waals surface area (Å²) < 4.78 is 5.78. The monoisotopic (exact) mass is 321 g/mol. The summed E-state index contributed by atoms with van der Waals surface area (Å²) in [6.45, 7) is 0.385. The van der Waals surface area contributed by atoms with Gasteiger partial charge >= 0.3 is 0 Å². The van der Waals surface area contributed by atoms with Gasteiger partial charge in [0.1, 0.15) is 12.4 Å². The van der Waals surface area contributed by atoms with Crippen LogP contribution in [0.2, 0.25) is 10.0 Å². The molecule has 21 heavy (non-hydrogen) atoms. The highest BCUT2D eigenvalue weighted by atomic mass is 35.5. The van der Waals surface area contributed by atoms with Gasteiger partial charge in [-0.3, -0.25) is 0 Å². The number of benzene rings is 2. The van der Waals surface area contributed by atoms with Gasteiger partial charge in [0.25, 0.3) is 0 Å². The molecule has 2 aromatic rings. The Morgan fingerprint density at radius 2 is 1.95 bits per heavy atom. The first-order valence-electron chi connectivity index (χ1n) is 6.58. The van der Waals surface area contributed by atoms with Crippen molar-refractivity contribution in [3.8, 4) is 5.75 Å². The van der Waals surface area contributed by atoms with Gasteiger partial charge in [-0.15, -0.1) is 0 Å². The molecule has 0 bridgehead atoms. The van der Waals surface area contributed by atoms with E-state index in [9.17, 15) is 0 Å². The van der Waals surface area contributed by atoms with Gasteiger partial charge in [-0.2, -0.15) is 0 Å². The molecule has 0 saturated carbocycles. The Bertz CT molecular complexity index is 713. The van der Waals surface area contributed by atoms with Crippen LogP contribution in [0.5, 0.6) is 5.75 Å². The molecule has 0 saturated heterocycles. The second kappa shape index (κ2) is 5.96. The van der Waals surface area contributed by atoms with E-state index in [-0.39, 0.29) is 0 Å². The summed E-state index contributed by atoms with van der Waals surface area (Å²) in [5, 5.41) is 13.4. The lowest BCUT2D eigenvalue weighted by atomic mass is 10.1. The highest BCUT2D eigenvalue weighted by Crippen LogP contribution is 2.28. The van der Waals surface area contributed by atoms with Crippen molar-refractivity contribution in [3.63, 3.8) is 0 Å². The van der Waals surface area contributed by atoms with Crippen LogP contribution in [0.15, 0.2) is 41.6 Å². The summed E-state index contributed by atoms with van der Waals surface area (Å²) >= 11 is 12.0. The predicted molar refractivity (Wildman–Crippen MR) is 83.9 cm³/mol. The summed E-state index contributed by atoms with van der Waals surface area (Å²) in [6, 6.07) is 11.1. The minimum atomic E-state index is 0.385. The molecule has 108 valence electrons. The summed E-state index contributed by atoms with van der Waals surface area (Å²) in [6.07, 6.45) is 1.63. The first-order chi connectivity index (χ1) is 10.2. The Morgan fingerprint density at radius 1 is 1.10 bits per heavy atom. The summed E-state index contributed by atoms with van der Waals surface area (Å²) in [7, 11) is 0. The molecule has 0 fully saturated rings. The van der Waals surface area contributed by atoms with E-state index in [2.05, 4.69) is 5.16 Å². The van der Waals surface area contributed by atoms with Crippen molar-refractivity contribution >= 4 is 28.9 Å².